The number of hydrogen-bond donors (Lipinski definition) is 1. The van der Waals surface area contributed by atoms with Gasteiger partial charge in [-0.1, -0.05) is 0 Å². The van der Waals surface area contributed by atoms with Gasteiger partial charge in [0.1, 0.15) is 23.4 Å². The maximum Gasteiger partial charge on any atom is 0.128 e. The standard InChI is InChI=1S/C14H11FN2O/c1-9-6-11(2-4-13(9)15)18-12-3-5-14(17)10(7-12)8-16/h2-7H,17H2,1H3. The molecule has 0 fully saturated rings. The van der Waals surface area contributed by atoms with Crippen LogP contribution in [0.25, 0.3) is 0 Å². The minimum atomic E-state index is -0.280. The zero-order chi connectivity index (χ0) is 13.1. The molecule has 0 aliphatic heterocycles. The number of benzene rings is 2. The van der Waals surface area contributed by atoms with E-state index in [1.165, 1.54) is 12.1 Å². The van der Waals surface area contributed by atoms with Gasteiger partial charge in [-0.25, -0.2) is 4.39 Å². The summed E-state index contributed by atoms with van der Waals surface area (Å²) in [5.74, 6) is 0.728. The van der Waals surface area contributed by atoms with Gasteiger partial charge in [0.15, 0.2) is 0 Å². The van der Waals surface area contributed by atoms with E-state index in [1.807, 2.05) is 6.07 Å². The molecule has 0 saturated heterocycles. The molecule has 0 radical (unpaired) electrons. The Kier molecular flexibility index (Phi) is 3.16. The van der Waals surface area contributed by atoms with Crippen molar-refractivity contribution < 1.29 is 9.13 Å². The van der Waals surface area contributed by atoms with Gasteiger partial charge in [0, 0.05) is 11.8 Å². The van der Waals surface area contributed by atoms with E-state index >= 15 is 0 Å². The van der Waals surface area contributed by atoms with Gasteiger partial charge in [-0.05, 0) is 42.8 Å². The number of ether oxygens (including phenoxy) is 1. The summed E-state index contributed by atoms with van der Waals surface area (Å²) >= 11 is 0. The highest BCUT2D eigenvalue weighted by atomic mass is 19.1. The maximum absolute atomic E-state index is 13.1. The Labute approximate surface area is 104 Å². The molecule has 0 amide bonds. The Hall–Kier alpha value is -2.54. The molecule has 2 aromatic carbocycles. The van der Waals surface area contributed by atoms with E-state index in [1.54, 1.807) is 31.2 Å². The molecular weight excluding hydrogens is 231 g/mol. The lowest BCUT2D eigenvalue weighted by molar-refractivity contribution is 0.479. The number of anilines is 1. The fourth-order valence-corrected chi connectivity index (χ4v) is 1.51. The van der Waals surface area contributed by atoms with E-state index < -0.39 is 0 Å². The topological polar surface area (TPSA) is 59.0 Å². The summed E-state index contributed by atoms with van der Waals surface area (Å²) in [6.07, 6.45) is 0. The number of hydrogen-bond acceptors (Lipinski definition) is 3. The van der Waals surface area contributed by atoms with Crippen LogP contribution in [0.4, 0.5) is 10.1 Å². The van der Waals surface area contributed by atoms with Crippen molar-refractivity contribution in [3.8, 4) is 17.6 Å². The molecule has 3 nitrogen and oxygen atoms in total. The van der Waals surface area contributed by atoms with E-state index in [2.05, 4.69) is 0 Å². The molecule has 2 rings (SSSR count). The lowest BCUT2D eigenvalue weighted by atomic mass is 10.2. The summed E-state index contributed by atoms with van der Waals surface area (Å²) in [4.78, 5) is 0. The fourth-order valence-electron chi connectivity index (χ4n) is 1.51. The van der Waals surface area contributed by atoms with Crippen LogP contribution >= 0.6 is 0 Å². The molecule has 2 aromatic rings. The molecule has 4 heteroatoms. The molecule has 0 aliphatic carbocycles. The normalized spacial score (nSPS) is 9.83. The Morgan fingerprint density at radius 3 is 2.50 bits per heavy atom. The number of nitrogens with two attached hydrogens (primary N) is 1. The number of rotatable bonds is 2. The van der Waals surface area contributed by atoms with Crippen LogP contribution in [0.15, 0.2) is 36.4 Å². The summed E-state index contributed by atoms with van der Waals surface area (Å²) in [7, 11) is 0. The molecule has 0 heterocycles. The molecule has 0 bridgehead atoms. The van der Waals surface area contributed by atoms with Crippen molar-refractivity contribution in [1.82, 2.24) is 0 Å². The Balaban J connectivity index is 2.29. The number of aryl methyl sites for hydroxylation is 1. The zero-order valence-electron chi connectivity index (χ0n) is 9.77. The number of nitrogens with zero attached hydrogens (tertiary/aromatic N) is 1. The van der Waals surface area contributed by atoms with Gasteiger partial charge in [0.25, 0.3) is 0 Å². The van der Waals surface area contributed by atoms with E-state index in [-0.39, 0.29) is 5.82 Å². The quantitative estimate of drug-likeness (QED) is 0.821. The monoisotopic (exact) mass is 242 g/mol. The first-order valence-corrected chi connectivity index (χ1v) is 5.34. The zero-order valence-corrected chi connectivity index (χ0v) is 9.77. The smallest absolute Gasteiger partial charge is 0.128 e. The summed E-state index contributed by atoms with van der Waals surface area (Å²) in [6.45, 7) is 1.66. The summed E-state index contributed by atoms with van der Waals surface area (Å²) < 4.78 is 18.6. The SMILES string of the molecule is Cc1cc(Oc2ccc(N)c(C#N)c2)ccc1F. The van der Waals surface area contributed by atoms with Crippen LogP contribution in [-0.2, 0) is 0 Å². The minimum absolute atomic E-state index is 0.280. The van der Waals surface area contributed by atoms with Gasteiger partial charge < -0.3 is 10.5 Å². The summed E-state index contributed by atoms with van der Waals surface area (Å²) in [6, 6.07) is 11.3. The van der Waals surface area contributed by atoms with Crippen molar-refractivity contribution in [2.24, 2.45) is 0 Å². The highest BCUT2D eigenvalue weighted by molar-refractivity contribution is 5.57. The highest BCUT2D eigenvalue weighted by Gasteiger charge is 2.04. The Morgan fingerprint density at radius 1 is 1.17 bits per heavy atom. The van der Waals surface area contributed by atoms with E-state index in [4.69, 9.17) is 15.7 Å². The number of nitriles is 1. The van der Waals surface area contributed by atoms with Crippen molar-refractivity contribution >= 4 is 5.69 Å². The second kappa shape index (κ2) is 4.76. The molecule has 0 atom stereocenters. The lowest BCUT2D eigenvalue weighted by Gasteiger charge is -2.08. The van der Waals surface area contributed by atoms with E-state index in [9.17, 15) is 4.39 Å². The average Bonchev–Trinajstić information content (AvgIpc) is 2.36. The Morgan fingerprint density at radius 2 is 1.83 bits per heavy atom. The van der Waals surface area contributed by atoms with Gasteiger partial charge in [-0.2, -0.15) is 5.26 Å². The van der Waals surface area contributed by atoms with Gasteiger partial charge in [-0.3, -0.25) is 0 Å². The molecule has 0 saturated carbocycles. The van der Waals surface area contributed by atoms with Crippen LogP contribution in [0.5, 0.6) is 11.5 Å². The van der Waals surface area contributed by atoms with Gasteiger partial charge in [0.05, 0.1) is 5.56 Å². The summed E-state index contributed by atoms with van der Waals surface area (Å²) in [5.41, 5.74) is 6.87. The number of halogens is 1. The molecular formula is C14H11FN2O. The van der Waals surface area contributed by atoms with Crippen molar-refractivity contribution in [2.45, 2.75) is 6.92 Å². The van der Waals surface area contributed by atoms with Crippen LogP contribution in [0, 0.1) is 24.1 Å². The molecule has 90 valence electrons. The van der Waals surface area contributed by atoms with E-state index in [0.717, 1.165) is 0 Å². The molecule has 18 heavy (non-hydrogen) atoms. The maximum atomic E-state index is 13.1. The molecule has 2 N–H and O–H groups in total. The first kappa shape index (κ1) is 11.9. The first-order chi connectivity index (χ1) is 8.60. The largest absolute Gasteiger partial charge is 0.457 e. The second-order valence-corrected chi connectivity index (χ2v) is 3.87. The minimum Gasteiger partial charge on any atom is -0.457 e. The molecule has 0 aliphatic rings. The predicted molar refractivity (Wildman–Crippen MR) is 66.8 cm³/mol. The Bertz CT molecular complexity index is 632. The van der Waals surface area contributed by atoms with Gasteiger partial charge >= 0.3 is 0 Å². The van der Waals surface area contributed by atoms with Crippen LogP contribution in [0.1, 0.15) is 11.1 Å². The van der Waals surface area contributed by atoms with Crippen molar-refractivity contribution in [1.29, 1.82) is 5.26 Å². The summed E-state index contributed by atoms with van der Waals surface area (Å²) in [5, 5.41) is 8.85. The highest BCUT2D eigenvalue weighted by Crippen LogP contribution is 2.26. The van der Waals surface area contributed by atoms with Crippen LogP contribution < -0.4 is 10.5 Å². The number of nitrogen functional groups attached to an aromatic ring is 1. The lowest BCUT2D eigenvalue weighted by Crippen LogP contribution is -1.92. The third kappa shape index (κ3) is 2.41. The second-order valence-electron chi connectivity index (χ2n) is 3.87. The van der Waals surface area contributed by atoms with E-state index in [0.29, 0.717) is 28.3 Å². The van der Waals surface area contributed by atoms with Gasteiger partial charge in [-0.15, -0.1) is 0 Å². The van der Waals surface area contributed by atoms with Crippen LogP contribution in [0.3, 0.4) is 0 Å². The van der Waals surface area contributed by atoms with Crippen LogP contribution in [-0.4, -0.2) is 0 Å². The molecule has 0 aromatic heterocycles. The van der Waals surface area contributed by atoms with Gasteiger partial charge in [0.2, 0.25) is 0 Å². The third-order valence-electron chi connectivity index (χ3n) is 2.51. The average molecular weight is 242 g/mol. The van der Waals surface area contributed by atoms with Crippen molar-refractivity contribution in [3.63, 3.8) is 0 Å². The molecule has 0 unspecified atom stereocenters. The third-order valence-corrected chi connectivity index (χ3v) is 2.51. The first-order valence-electron chi connectivity index (χ1n) is 5.34. The van der Waals surface area contributed by atoms with Crippen molar-refractivity contribution in [3.05, 3.63) is 53.3 Å². The fraction of sp³-hybridized carbons (Fsp3) is 0.0714. The molecule has 0 spiro atoms. The predicted octanol–water partition coefficient (Wildman–Crippen LogP) is 3.38. The van der Waals surface area contributed by atoms with Crippen molar-refractivity contribution in [2.75, 3.05) is 5.73 Å². The van der Waals surface area contributed by atoms with Crippen LogP contribution in [0.2, 0.25) is 0 Å².